The lowest BCUT2D eigenvalue weighted by Gasteiger charge is -2.24. The number of hydrogen-bond acceptors (Lipinski definition) is 3. The molecule has 3 aromatic rings. The van der Waals surface area contributed by atoms with Gasteiger partial charge in [-0.25, -0.2) is 0 Å². The number of carbonyl (C=O) groups is 1. The molecule has 0 aliphatic carbocycles. The van der Waals surface area contributed by atoms with Crippen LogP contribution in [-0.2, 0) is 17.8 Å². The van der Waals surface area contributed by atoms with Gasteiger partial charge in [-0.3, -0.25) is 4.79 Å². The number of rotatable bonds is 7. The zero-order chi connectivity index (χ0) is 23.0. The summed E-state index contributed by atoms with van der Waals surface area (Å²) in [7, 11) is 1.68. The van der Waals surface area contributed by atoms with Crippen molar-refractivity contribution in [3.05, 3.63) is 58.7 Å². The van der Waals surface area contributed by atoms with Crippen LogP contribution in [0.4, 0.5) is 0 Å². The topological polar surface area (TPSA) is 51.5 Å². The number of ether oxygens (including phenoxy) is 1. The number of benzene rings is 2. The van der Waals surface area contributed by atoms with Crippen molar-refractivity contribution in [3.8, 4) is 5.75 Å². The second-order valence-corrected chi connectivity index (χ2v) is 11.7. The first kappa shape index (κ1) is 23.6. The molecule has 0 saturated carbocycles. The highest BCUT2D eigenvalue weighted by Crippen LogP contribution is 2.46. The zero-order valence-corrected chi connectivity index (χ0v) is 20.5. The van der Waals surface area contributed by atoms with E-state index in [1.165, 1.54) is 0 Å². The number of aliphatic carboxylic acids is 1. The molecular formula is C25H30ClNO3S. The normalized spacial score (nSPS) is 12.4. The Kier molecular flexibility index (Phi) is 6.68. The molecule has 0 radical (unpaired) electrons. The van der Waals surface area contributed by atoms with Crippen LogP contribution in [0.15, 0.2) is 47.4 Å². The largest absolute Gasteiger partial charge is 0.496 e. The Morgan fingerprint density at radius 2 is 1.74 bits per heavy atom. The molecule has 3 rings (SSSR count). The van der Waals surface area contributed by atoms with Crippen molar-refractivity contribution in [1.82, 2.24) is 4.57 Å². The Hall–Kier alpha value is -2.11. The fourth-order valence-corrected chi connectivity index (χ4v) is 4.94. The summed E-state index contributed by atoms with van der Waals surface area (Å²) in [5.41, 5.74) is 2.25. The highest BCUT2D eigenvalue weighted by molar-refractivity contribution is 8.00. The van der Waals surface area contributed by atoms with Crippen LogP contribution in [0.1, 0.15) is 45.9 Å². The van der Waals surface area contributed by atoms with Gasteiger partial charge in [-0.1, -0.05) is 50.6 Å². The predicted octanol–water partition coefficient (Wildman–Crippen LogP) is 6.90. The first-order chi connectivity index (χ1) is 14.4. The van der Waals surface area contributed by atoms with E-state index in [1.807, 2.05) is 36.4 Å². The second-order valence-electron chi connectivity index (χ2n) is 9.42. The fourth-order valence-electron chi connectivity index (χ4n) is 3.59. The highest BCUT2D eigenvalue weighted by Gasteiger charge is 2.33. The van der Waals surface area contributed by atoms with Crippen molar-refractivity contribution >= 4 is 40.2 Å². The number of halogens is 1. The molecule has 1 heterocycles. The number of thioether (sulfide) groups is 1. The molecule has 0 saturated heterocycles. The van der Waals surface area contributed by atoms with Crippen molar-refractivity contribution in [2.45, 2.75) is 57.2 Å². The summed E-state index contributed by atoms with van der Waals surface area (Å²) >= 11 is 7.85. The van der Waals surface area contributed by atoms with E-state index in [0.717, 1.165) is 32.8 Å². The van der Waals surface area contributed by atoms with Crippen molar-refractivity contribution in [3.63, 3.8) is 0 Å². The molecule has 0 bridgehead atoms. The van der Waals surface area contributed by atoms with Crippen molar-refractivity contribution in [2.24, 2.45) is 5.41 Å². The Labute approximate surface area is 193 Å². The lowest BCUT2D eigenvalue weighted by Crippen LogP contribution is -2.28. The molecule has 0 aliphatic rings. The van der Waals surface area contributed by atoms with Crippen LogP contribution < -0.4 is 4.74 Å². The van der Waals surface area contributed by atoms with E-state index in [9.17, 15) is 9.90 Å². The molecule has 2 aromatic carbocycles. The van der Waals surface area contributed by atoms with Gasteiger partial charge in [0.2, 0.25) is 0 Å². The Bertz CT molecular complexity index is 1090. The average molecular weight is 460 g/mol. The van der Waals surface area contributed by atoms with Gasteiger partial charge in [0.25, 0.3) is 0 Å². The van der Waals surface area contributed by atoms with E-state index in [2.05, 4.69) is 31.4 Å². The number of carboxylic acid groups (broad SMARTS) is 1. The third-order valence-corrected chi connectivity index (χ3v) is 6.69. The lowest BCUT2D eigenvalue weighted by molar-refractivity contribution is -0.146. The summed E-state index contributed by atoms with van der Waals surface area (Å²) in [6.07, 6.45) is 0.409. The van der Waals surface area contributed by atoms with E-state index < -0.39 is 11.4 Å². The summed E-state index contributed by atoms with van der Waals surface area (Å²) in [6, 6.07) is 13.8. The number of hydrogen-bond donors (Lipinski definition) is 1. The Morgan fingerprint density at radius 1 is 1.10 bits per heavy atom. The van der Waals surface area contributed by atoms with Crippen LogP contribution in [0.25, 0.3) is 10.9 Å². The van der Waals surface area contributed by atoms with Crippen LogP contribution in [-0.4, -0.2) is 27.5 Å². The Morgan fingerprint density at radius 3 is 2.29 bits per heavy atom. The molecule has 0 spiro atoms. The predicted molar refractivity (Wildman–Crippen MR) is 130 cm³/mol. The molecule has 0 unspecified atom stereocenters. The van der Waals surface area contributed by atoms with Gasteiger partial charge in [0.1, 0.15) is 5.75 Å². The first-order valence-corrected chi connectivity index (χ1v) is 11.5. The minimum absolute atomic E-state index is 0.0532. The number of aromatic nitrogens is 1. The zero-order valence-electron chi connectivity index (χ0n) is 19.0. The summed E-state index contributed by atoms with van der Waals surface area (Å²) < 4.78 is 7.92. The lowest BCUT2D eigenvalue weighted by atomic mass is 9.88. The van der Waals surface area contributed by atoms with Crippen LogP contribution in [0, 0.1) is 5.41 Å². The molecule has 0 amide bonds. The van der Waals surface area contributed by atoms with Crippen LogP contribution in [0.3, 0.4) is 0 Å². The standard InChI is InChI=1S/C25H30ClNO3S/c1-24(2,3)31-22-19(14-25(4,5)23(28)29)27(15-16-10-12-17(26)13-11-16)18-8-7-9-20(30-6)21(18)22/h7-13H,14-15H2,1-6H3,(H,28,29). The van der Waals surface area contributed by atoms with Crippen molar-refractivity contribution in [2.75, 3.05) is 7.11 Å². The second kappa shape index (κ2) is 8.79. The van der Waals surface area contributed by atoms with E-state index in [0.29, 0.717) is 18.0 Å². The average Bonchev–Trinajstić information content (AvgIpc) is 2.94. The number of nitrogens with zero attached hydrogens (tertiary/aromatic N) is 1. The van der Waals surface area contributed by atoms with Crippen molar-refractivity contribution in [1.29, 1.82) is 0 Å². The molecule has 0 atom stereocenters. The highest BCUT2D eigenvalue weighted by atomic mass is 35.5. The maximum atomic E-state index is 12.0. The summed E-state index contributed by atoms with van der Waals surface area (Å²) in [5, 5.41) is 11.6. The van der Waals surface area contributed by atoms with Crippen LogP contribution in [0.2, 0.25) is 5.02 Å². The minimum atomic E-state index is -0.910. The van der Waals surface area contributed by atoms with E-state index in [4.69, 9.17) is 16.3 Å². The number of carboxylic acids is 1. The monoisotopic (exact) mass is 459 g/mol. The molecule has 0 fully saturated rings. The molecular weight excluding hydrogens is 430 g/mol. The molecule has 31 heavy (non-hydrogen) atoms. The maximum Gasteiger partial charge on any atom is 0.309 e. The third kappa shape index (κ3) is 5.21. The number of methoxy groups -OCH3 is 1. The van der Waals surface area contributed by atoms with Crippen LogP contribution in [0.5, 0.6) is 5.75 Å². The van der Waals surface area contributed by atoms with E-state index >= 15 is 0 Å². The maximum absolute atomic E-state index is 12.0. The summed E-state index contributed by atoms with van der Waals surface area (Å²) in [6.45, 7) is 10.7. The SMILES string of the molecule is COc1cccc2c1c(SC(C)(C)C)c(CC(C)(C)C(=O)O)n2Cc1ccc(Cl)cc1. The summed E-state index contributed by atoms with van der Waals surface area (Å²) in [5.74, 6) is -0.0111. The van der Waals surface area contributed by atoms with E-state index in [-0.39, 0.29) is 4.75 Å². The molecule has 0 aliphatic heterocycles. The molecule has 1 N–H and O–H groups in total. The summed E-state index contributed by atoms with van der Waals surface area (Å²) in [4.78, 5) is 13.1. The van der Waals surface area contributed by atoms with Gasteiger partial charge in [0.05, 0.1) is 23.4 Å². The molecule has 166 valence electrons. The van der Waals surface area contributed by atoms with Gasteiger partial charge >= 0.3 is 5.97 Å². The van der Waals surface area contributed by atoms with Gasteiger partial charge in [-0.2, -0.15) is 0 Å². The van der Waals surface area contributed by atoms with Gasteiger partial charge in [-0.15, -0.1) is 11.8 Å². The van der Waals surface area contributed by atoms with Crippen molar-refractivity contribution < 1.29 is 14.6 Å². The third-order valence-electron chi connectivity index (χ3n) is 5.18. The molecule has 1 aromatic heterocycles. The van der Waals surface area contributed by atoms with E-state index in [1.54, 1.807) is 32.7 Å². The smallest absolute Gasteiger partial charge is 0.309 e. The van der Waals surface area contributed by atoms with Gasteiger partial charge in [0.15, 0.2) is 0 Å². The number of fused-ring (bicyclic) bond motifs is 1. The van der Waals surface area contributed by atoms with Gasteiger partial charge in [-0.05, 0) is 43.7 Å². The van der Waals surface area contributed by atoms with Gasteiger partial charge < -0.3 is 14.4 Å². The Balaban J connectivity index is 2.31. The van der Waals surface area contributed by atoms with Gasteiger partial charge in [0, 0.05) is 33.3 Å². The minimum Gasteiger partial charge on any atom is -0.496 e. The quantitative estimate of drug-likeness (QED) is 0.390. The molecule has 4 nitrogen and oxygen atoms in total. The molecule has 6 heteroatoms. The van der Waals surface area contributed by atoms with Crippen LogP contribution >= 0.6 is 23.4 Å². The fraction of sp³-hybridized carbons (Fsp3) is 0.400. The first-order valence-electron chi connectivity index (χ1n) is 10.3.